The minimum atomic E-state index is -3.32. The van der Waals surface area contributed by atoms with E-state index in [-0.39, 0.29) is 11.7 Å². The van der Waals surface area contributed by atoms with Crippen LogP contribution < -0.4 is 0 Å². The largest absolute Gasteiger partial charge is 0.381 e. The Balaban J connectivity index is 2.33. The fourth-order valence-electron chi connectivity index (χ4n) is 1.82. The minimum Gasteiger partial charge on any atom is -0.381 e. The van der Waals surface area contributed by atoms with Gasteiger partial charge in [0, 0.05) is 17.8 Å². The van der Waals surface area contributed by atoms with Crippen molar-refractivity contribution in [1.82, 2.24) is 0 Å². The Hall–Kier alpha value is 0.200. The quantitative estimate of drug-likeness (QED) is 0.689. The van der Waals surface area contributed by atoms with Crippen LogP contribution in [0.15, 0.2) is 0 Å². The summed E-state index contributed by atoms with van der Waals surface area (Å²) in [5, 5.41) is 0. The van der Waals surface area contributed by atoms with Crippen molar-refractivity contribution in [3.8, 4) is 0 Å². The van der Waals surface area contributed by atoms with Crippen molar-refractivity contribution in [1.29, 1.82) is 0 Å². The fraction of sp³-hybridized carbons (Fsp3) is 1.00. The molecular formula is C8H15ClO3S. The number of hydrogen-bond donors (Lipinski definition) is 0. The molecule has 1 fully saturated rings. The average molecular weight is 227 g/mol. The number of methoxy groups -OCH3 is 1. The van der Waals surface area contributed by atoms with Gasteiger partial charge in [0.1, 0.15) is 0 Å². The normalized spacial score (nSPS) is 30.3. The molecule has 0 atom stereocenters. The van der Waals surface area contributed by atoms with Gasteiger partial charge >= 0.3 is 0 Å². The van der Waals surface area contributed by atoms with Crippen molar-refractivity contribution in [2.75, 3.05) is 12.9 Å². The average Bonchev–Trinajstić information content (AvgIpc) is 2.03. The Morgan fingerprint density at radius 3 is 2.23 bits per heavy atom. The summed E-state index contributed by atoms with van der Waals surface area (Å²) in [4.78, 5) is 0. The van der Waals surface area contributed by atoms with E-state index < -0.39 is 9.05 Å². The van der Waals surface area contributed by atoms with Gasteiger partial charge in [-0.1, -0.05) is 0 Å². The van der Waals surface area contributed by atoms with Gasteiger partial charge in [-0.25, -0.2) is 8.42 Å². The van der Waals surface area contributed by atoms with Crippen LogP contribution >= 0.6 is 10.7 Å². The monoisotopic (exact) mass is 226 g/mol. The summed E-state index contributed by atoms with van der Waals surface area (Å²) in [5.74, 6) is 0.347. The Morgan fingerprint density at radius 2 is 1.85 bits per heavy atom. The smallest absolute Gasteiger partial charge is 0.232 e. The molecule has 0 aromatic rings. The molecule has 0 spiro atoms. The molecule has 0 radical (unpaired) electrons. The van der Waals surface area contributed by atoms with Gasteiger partial charge in [-0.15, -0.1) is 0 Å². The molecular weight excluding hydrogens is 212 g/mol. The molecule has 0 unspecified atom stereocenters. The van der Waals surface area contributed by atoms with Gasteiger partial charge < -0.3 is 4.74 Å². The van der Waals surface area contributed by atoms with E-state index in [1.807, 2.05) is 0 Å². The Morgan fingerprint density at radius 1 is 1.31 bits per heavy atom. The molecule has 0 heterocycles. The molecule has 5 heteroatoms. The van der Waals surface area contributed by atoms with Crippen molar-refractivity contribution in [2.45, 2.75) is 31.8 Å². The van der Waals surface area contributed by atoms with E-state index in [9.17, 15) is 8.42 Å². The van der Waals surface area contributed by atoms with Crippen LogP contribution in [-0.4, -0.2) is 27.4 Å². The molecule has 1 rings (SSSR count). The van der Waals surface area contributed by atoms with Crippen LogP contribution in [0.25, 0.3) is 0 Å². The van der Waals surface area contributed by atoms with E-state index in [1.165, 1.54) is 0 Å². The van der Waals surface area contributed by atoms with Crippen molar-refractivity contribution in [3.63, 3.8) is 0 Å². The zero-order valence-corrected chi connectivity index (χ0v) is 9.27. The van der Waals surface area contributed by atoms with Gasteiger partial charge in [0.15, 0.2) is 0 Å². The highest BCUT2D eigenvalue weighted by molar-refractivity contribution is 8.13. The lowest BCUT2D eigenvalue weighted by Gasteiger charge is -2.26. The third-order valence-electron chi connectivity index (χ3n) is 2.56. The molecule has 0 bridgehead atoms. The van der Waals surface area contributed by atoms with Crippen molar-refractivity contribution >= 4 is 19.7 Å². The second kappa shape index (κ2) is 4.62. The SMILES string of the molecule is COC1CCC(CS(=O)(=O)Cl)CC1. The van der Waals surface area contributed by atoms with Crippen LogP contribution in [0.3, 0.4) is 0 Å². The number of halogens is 1. The molecule has 1 aliphatic rings. The Bertz CT molecular complexity index is 242. The lowest BCUT2D eigenvalue weighted by molar-refractivity contribution is 0.0597. The van der Waals surface area contributed by atoms with Gasteiger partial charge in [-0.2, -0.15) is 0 Å². The molecule has 3 nitrogen and oxygen atoms in total. The third kappa shape index (κ3) is 4.29. The van der Waals surface area contributed by atoms with Gasteiger partial charge in [0.2, 0.25) is 9.05 Å². The van der Waals surface area contributed by atoms with E-state index in [0.717, 1.165) is 25.7 Å². The first kappa shape index (κ1) is 11.3. The second-order valence-corrected chi connectivity index (χ2v) is 6.41. The van der Waals surface area contributed by atoms with Crippen LogP contribution in [0, 0.1) is 5.92 Å². The molecule has 0 aromatic heterocycles. The van der Waals surface area contributed by atoms with Crippen molar-refractivity contribution in [2.24, 2.45) is 5.92 Å². The predicted octanol–water partition coefficient (Wildman–Crippen LogP) is 1.76. The topological polar surface area (TPSA) is 43.4 Å². The van der Waals surface area contributed by atoms with E-state index in [1.54, 1.807) is 7.11 Å². The maximum Gasteiger partial charge on any atom is 0.232 e. The fourth-order valence-corrected chi connectivity index (χ4v) is 3.25. The van der Waals surface area contributed by atoms with E-state index in [0.29, 0.717) is 6.10 Å². The summed E-state index contributed by atoms with van der Waals surface area (Å²) in [6.07, 6.45) is 4.03. The summed E-state index contributed by atoms with van der Waals surface area (Å²) in [5.41, 5.74) is 0. The Kier molecular flexibility index (Phi) is 4.01. The second-order valence-electron chi connectivity index (χ2n) is 3.58. The summed E-state index contributed by atoms with van der Waals surface area (Å²) in [6.45, 7) is 0. The first-order valence-corrected chi connectivity index (χ1v) is 6.94. The lowest BCUT2D eigenvalue weighted by Crippen LogP contribution is -2.23. The first-order chi connectivity index (χ1) is 6.01. The summed E-state index contributed by atoms with van der Waals surface area (Å²) in [6, 6.07) is 0. The lowest BCUT2D eigenvalue weighted by atomic mass is 9.89. The zero-order valence-electron chi connectivity index (χ0n) is 7.70. The van der Waals surface area contributed by atoms with Crippen LogP contribution in [0.1, 0.15) is 25.7 Å². The van der Waals surface area contributed by atoms with Gasteiger partial charge in [0.05, 0.1) is 11.9 Å². The number of rotatable bonds is 3. The van der Waals surface area contributed by atoms with E-state index in [2.05, 4.69) is 0 Å². The molecule has 1 aliphatic carbocycles. The number of hydrogen-bond acceptors (Lipinski definition) is 3. The van der Waals surface area contributed by atoms with Gasteiger partial charge in [-0.3, -0.25) is 0 Å². The van der Waals surface area contributed by atoms with Crippen LogP contribution in [0.4, 0.5) is 0 Å². The van der Waals surface area contributed by atoms with Gasteiger partial charge in [0.25, 0.3) is 0 Å². The standard InChI is InChI=1S/C8H15ClO3S/c1-12-8-4-2-7(3-5-8)6-13(9,10)11/h7-8H,2-6H2,1H3. The van der Waals surface area contributed by atoms with Gasteiger partial charge in [-0.05, 0) is 31.6 Å². The summed E-state index contributed by atoms with van der Waals surface area (Å²) < 4.78 is 26.8. The van der Waals surface area contributed by atoms with E-state index >= 15 is 0 Å². The maximum absolute atomic E-state index is 10.8. The van der Waals surface area contributed by atoms with E-state index in [4.69, 9.17) is 15.4 Å². The molecule has 1 saturated carbocycles. The van der Waals surface area contributed by atoms with Crippen molar-refractivity contribution < 1.29 is 13.2 Å². The zero-order chi connectivity index (χ0) is 9.90. The van der Waals surface area contributed by atoms with Crippen LogP contribution in [0.2, 0.25) is 0 Å². The molecule has 0 N–H and O–H groups in total. The molecule has 0 saturated heterocycles. The predicted molar refractivity (Wildman–Crippen MR) is 52.4 cm³/mol. The van der Waals surface area contributed by atoms with Crippen LogP contribution in [0.5, 0.6) is 0 Å². The Labute approximate surface area is 83.8 Å². The molecule has 78 valence electrons. The third-order valence-corrected chi connectivity index (χ3v) is 3.81. The summed E-state index contributed by atoms with van der Waals surface area (Å²) in [7, 11) is 3.56. The first-order valence-electron chi connectivity index (χ1n) is 4.46. The highest BCUT2D eigenvalue weighted by Crippen LogP contribution is 2.27. The van der Waals surface area contributed by atoms with Crippen LogP contribution in [-0.2, 0) is 13.8 Å². The molecule has 13 heavy (non-hydrogen) atoms. The maximum atomic E-state index is 10.8. The highest BCUT2D eigenvalue weighted by Gasteiger charge is 2.24. The highest BCUT2D eigenvalue weighted by atomic mass is 35.7. The number of ether oxygens (including phenoxy) is 1. The summed E-state index contributed by atoms with van der Waals surface area (Å²) >= 11 is 0. The molecule has 0 amide bonds. The van der Waals surface area contributed by atoms with Crippen molar-refractivity contribution in [3.05, 3.63) is 0 Å². The molecule has 0 aliphatic heterocycles. The molecule has 0 aromatic carbocycles. The minimum absolute atomic E-state index is 0.116.